The number of Topliss-reactive ketones (excluding diaryl/α,β-unsaturated/α-hetero) is 1. The van der Waals surface area contributed by atoms with Gasteiger partial charge in [-0.25, -0.2) is 0 Å². The number of rotatable bonds is 6. The predicted molar refractivity (Wildman–Crippen MR) is 70.0 cm³/mol. The zero-order valence-electron chi connectivity index (χ0n) is 11.1. The van der Waals surface area contributed by atoms with Crippen LogP contribution in [0.4, 0.5) is 0 Å². The topological polar surface area (TPSA) is 38.3 Å². The van der Waals surface area contributed by atoms with Gasteiger partial charge in [-0.1, -0.05) is 6.92 Å². The van der Waals surface area contributed by atoms with Gasteiger partial charge in [0.15, 0.2) is 5.78 Å². The molecule has 3 heteroatoms. The Labute approximate surface area is 103 Å². The van der Waals surface area contributed by atoms with Crippen LogP contribution in [-0.2, 0) is 0 Å². The van der Waals surface area contributed by atoms with Crippen molar-refractivity contribution in [2.75, 3.05) is 19.7 Å². The molecule has 94 valence electrons. The highest BCUT2D eigenvalue weighted by Gasteiger charge is 2.11. The van der Waals surface area contributed by atoms with Gasteiger partial charge in [0.25, 0.3) is 0 Å². The van der Waals surface area contributed by atoms with Gasteiger partial charge in [-0.05, 0) is 50.6 Å². The number of likely N-dealkylation sites (N-methyl/N-ethyl adjacent to an activating group) is 1. The summed E-state index contributed by atoms with van der Waals surface area (Å²) < 4.78 is 5.51. The minimum atomic E-state index is 0.135. The number of carbonyl (C=O) groups is 1. The molecule has 0 amide bonds. The molecule has 17 heavy (non-hydrogen) atoms. The van der Waals surface area contributed by atoms with Crippen LogP contribution >= 0.6 is 0 Å². The molecule has 1 rings (SSSR count). The van der Waals surface area contributed by atoms with Crippen molar-refractivity contribution in [2.24, 2.45) is 0 Å². The average Bonchev–Trinajstić information content (AvgIpc) is 2.30. The minimum Gasteiger partial charge on any atom is -0.494 e. The second kappa shape index (κ2) is 6.40. The van der Waals surface area contributed by atoms with E-state index >= 15 is 0 Å². The number of hydrogen-bond acceptors (Lipinski definition) is 3. The highest BCUT2D eigenvalue weighted by Crippen LogP contribution is 2.23. The van der Waals surface area contributed by atoms with Crippen molar-refractivity contribution in [3.8, 4) is 5.75 Å². The Morgan fingerprint density at radius 1 is 1.24 bits per heavy atom. The van der Waals surface area contributed by atoms with E-state index in [1.165, 1.54) is 0 Å². The maximum Gasteiger partial charge on any atom is 0.176 e. The Balaban J connectivity index is 2.94. The van der Waals surface area contributed by atoms with Crippen molar-refractivity contribution in [3.05, 3.63) is 28.8 Å². The van der Waals surface area contributed by atoms with Crippen molar-refractivity contribution < 1.29 is 9.53 Å². The smallest absolute Gasteiger partial charge is 0.176 e. The molecule has 0 saturated heterocycles. The van der Waals surface area contributed by atoms with E-state index in [1.54, 1.807) is 0 Å². The number of hydrogen-bond donors (Lipinski definition) is 1. The lowest BCUT2D eigenvalue weighted by molar-refractivity contribution is 0.0991. The SMILES string of the molecule is CCNCC(=O)c1cc(C)c(OCC)cc1C. The maximum atomic E-state index is 11.9. The quantitative estimate of drug-likeness (QED) is 0.770. The Morgan fingerprint density at radius 3 is 2.53 bits per heavy atom. The summed E-state index contributed by atoms with van der Waals surface area (Å²) in [5.74, 6) is 1.00. The Bertz CT molecular complexity index is 399. The molecule has 0 spiro atoms. The molecule has 0 radical (unpaired) electrons. The summed E-state index contributed by atoms with van der Waals surface area (Å²) in [5, 5.41) is 3.05. The first-order chi connectivity index (χ1) is 8.10. The number of benzene rings is 1. The fourth-order valence-corrected chi connectivity index (χ4v) is 1.73. The average molecular weight is 235 g/mol. The molecule has 0 unspecified atom stereocenters. The van der Waals surface area contributed by atoms with E-state index < -0.39 is 0 Å². The largest absolute Gasteiger partial charge is 0.494 e. The molecular weight excluding hydrogens is 214 g/mol. The van der Waals surface area contributed by atoms with Gasteiger partial charge in [0.1, 0.15) is 5.75 Å². The molecule has 0 aliphatic rings. The summed E-state index contributed by atoms with van der Waals surface area (Å²) in [6.45, 7) is 9.70. The highest BCUT2D eigenvalue weighted by atomic mass is 16.5. The van der Waals surface area contributed by atoms with Crippen LogP contribution in [0.25, 0.3) is 0 Å². The van der Waals surface area contributed by atoms with Crippen LogP contribution < -0.4 is 10.1 Å². The molecule has 0 aliphatic heterocycles. The van der Waals surface area contributed by atoms with Crippen LogP contribution in [0.5, 0.6) is 5.75 Å². The Morgan fingerprint density at radius 2 is 1.94 bits per heavy atom. The standard InChI is InChI=1S/C14H21NO2/c1-5-15-9-13(16)12-7-11(4)14(17-6-2)8-10(12)3/h7-8,15H,5-6,9H2,1-4H3. The number of carbonyl (C=O) groups excluding carboxylic acids is 1. The van der Waals surface area contributed by atoms with E-state index in [2.05, 4.69) is 5.32 Å². The van der Waals surface area contributed by atoms with Gasteiger partial charge >= 0.3 is 0 Å². The van der Waals surface area contributed by atoms with E-state index in [0.29, 0.717) is 13.2 Å². The lowest BCUT2D eigenvalue weighted by Gasteiger charge is -2.12. The van der Waals surface area contributed by atoms with E-state index in [1.807, 2.05) is 39.8 Å². The fraction of sp³-hybridized carbons (Fsp3) is 0.500. The first-order valence-corrected chi connectivity index (χ1v) is 6.08. The first kappa shape index (κ1) is 13.7. The molecule has 0 saturated carbocycles. The van der Waals surface area contributed by atoms with Gasteiger partial charge in [-0.2, -0.15) is 0 Å². The number of nitrogens with one attached hydrogen (secondary N) is 1. The van der Waals surface area contributed by atoms with Crippen LogP contribution in [0, 0.1) is 13.8 Å². The second-order valence-corrected chi connectivity index (χ2v) is 4.07. The first-order valence-electron chi connectivity index (χ1n) is 6.08. The van der Waals surface area contributed by atoms with Crippen molar-refractivity contribution in [1.82, 2.24) is 5.32 Å². The van der Waals surface area contributed by atoms with E-state index in [-0.39, 0.29) is 5.78 Å². The molecule has 0 fully saturated rings. The zero-order valence-corrected chi connectivity index (χ0v) is 11.1. The predicted octanol–water partition coefficient (Wildman–Crippen LogP) is 2.49. The summed E-state index contributed by atoms with van der Waals surface area (Å²) in [7, 11) is 0. The maximum absolute atomic E-state index is 11.9. The third-order valence-corrected chi connectivity index (χ3v) is 2.66. The lowest BCUT2D eigenvalue weighted by Crippen LogP contribution is -2.23. The Kier molecular flexibility index (Phi) is 5.16. The molecule has 0 aromatic heterocycles. The molecule has 1 aromatic carbocycles. The van der Waals surface area contributed by atoms with E-state index in [9.17, 15) is 4.79 Å². The third-order valence-electron chi connectivity index (χ3n) is 2.66. The normalized spacial score (nSPS) is 10.4. The molecule has 0 atom stereocenters. The van der Waals surface area contributed by atoms with Gasteiger partial charge in [-0.3, -0.25) is 4.79 Å². The minimum absolute atomic E-state index is 0.135. The summed E-state index contributed by atoms with van der Waals surface area (Å²) in [6.07, 6.45) is 0. The van der Waals surface area contributed by atoms with Crippen molar-refractivity contribution in [2.45, 2.75) is 27.7 Å². The van der Waals surface area contributed by atoms with Crippen LogP contribution in [0.1, 0.15) is 35.3 Å². The number of ether oxygens (including phenoxy) is 1. The van der Waals surface area contributed by atoms with Crippen LogP contribution in [0.3, 0.4) is 0 Å². The molecule has 3 nitrogen and oxygen atoms in total. The summed E-state index contributed by atoms with van der Waals surface area (Å²) in [4.78, 5) is 11.9. The number of aryl methyl sites for hydroxylation is 2. The van der Waals surface area contributed by atoms with Gasteiger partial charge in [0.05, 0.1) is 13.2 Å². The molecule has 0 aliphatic carbocycles. The molecule has 1 aromatic rings. The van der Waals surface area contributed by atoms with Crippen molar-refractivity contribution >= 4 is 5.78 Å². The van der Waals surface area contributed by atoms with E-state index in [4.69, 9.17) is 4.74 Å². The molecule has 1 N–H and O–H groups in total. The summed E-state index contributed by atoms with van der Waals surface area (Å²) in [6, 6.07) is 3.86. The lowest BCUT2D eigenvalue weighted by atomic mass is 10.0. The monoisotopic (exact) mass is 235 g/mol. The van der Waals surface area contributed by atoms with Gasteiger partial charge in [-0.15, -0.1) is 0 Å². The van der Waals surface area contributed by atoms with Crippen LogP contribution in [0.2, 0.25) is 0 Å². The summed E-state index contributed by atoms with van der Waals surface area (Å²) in [5.41, 5.74) is 2.77. The third kappa shape index (κ3) is 3.56. The molecular formula is C14H21NO2. The molecule has 0 bridgehead atoms. The van der Waals surface area contributed by atoms with Gasteiger partial charge in [0, 0.05) is 5.56 Å². The Hall–Kier alpha value is -1.35. The fourth-order valence-electron chi connectivity index (χ4n) is 1.73. The van der Waals surface area contributed by atoms with Crippen LogP contribution in [-0.4, -0.2) is 25.5 Å². The molecule has 0 heterocycles. The van der Waals surface area contributed by atoms with E-state index in [0.717, 1.165) is 29.0 Å². The van der Waals surface area contributed by atoms with Gasteiger partial charge < -0.3 is 10.1 Å². The second-order valence-electron chi connectivity index (χ2n) is 4.07. The van der Waals surface area contributed by atoms with Crippen molar-refractivity contribution in [3.63, 3.8) is 0 Å². The summed E-state index contributed by atoms with van der Waals surface area (Å²) >= 11 is 0. The number of ketones is 1. The highest BCUT2D eigenvalue weighted by molar-refractivity contribution is 5.99. The van der Waals surface area contributed by atoms with Crippen molar-refractivity contribution in [1.29, 1.82) is 0 Å². The zero-order chi connectivity index (χ0) is 12.8. The van der Waals surface area contributed by atoms with Gasteiger partial charge in [0.2, 0.25) is 0 Å². The van der Waals surface area contributed by atoms with Crippen LogP contribution in [0.15, 0.2) is 12.1 Å².